The van der Waals surface area contributed by atoms with Gasteiger partial charge in [-0.15, -0.1) is 11.8 Å². The molecular formula is C17H19NOS. The molecule has 2 nitrogen and oxygen atoms in total. The van der Waals surface area contributed by atoms with E-state index < -0.39 is 0 Å². The van der Waals surface area contributed by atoms with Crippen molar-refractivity contribution in [2.45, 2.75) is 24.3 Å². The van der Waals surface area contributed by atoms with Crippen LogP contribution >= 0.6 is 11.8 Å². The molecule has 0 aliphatic carbocycles. The highest BCUT2D eigenvalue weighted by Gasteiger charge is 2.15. The van der Waals surface area contributed by atoms with Gasteiger partial charge in [-0.05, 0) is 30.4 Å². The van der Waals surface area contributed by atoms with Gasteiger partial charge in [0, 0.05) is 4.90 Å². The molecular weight excluding hydrogens is 266 g/mol. The van der Waals surface area contributed by atoms with Crippen LogP contribution < -0.4 is 5.32 Å². The molecule has 3 heteroatoms. The summed E-state index contributed by atoms with van der Waals surface area (Å²) in [6.07, 6.45) is 2.86. The Morgan fingerprint density at radius 1 is 1.10 bits per heavy atom. The zero-order valence-electron chi connectivity index (χ0n) is 11.8. The van der Waals surface area contributed by atoms with Gasteiger partial charge < -0.3 is 5.32 Å². The standard InChI is InChI=1S/C17H19NOS/c1-3-15(13-9-5-4-6-10-13)18-17(19)14-11-7-8-12-16(14)20-2/h4-12,15H,3H2,1-2H3,(H,18,19). The summed E-state index contributed by atoms with van der Waals surface area (Å²) in [5, 5.41) is 3.12. The normalized spacial score (nSPS) is 11.9. The van der Waals surface area contributed by atoms with Crippen LogP contribution in [0.5, 0.6) is 0 Å². The maximum atomic E-state index is 12.4. The summed E-state index contributed by atoms with van der Waals surface area (Å²) in [7, 11) is 0. The van der Waals surface area contributed by atoms with Crippen LogP contribution in [0, 0.1) is 0 Å². The highest BCUT2D eigenvalue weighted by Crippen LogP contribution is 2.22. The zero-order chi connectivity index (χ0) is 14.4. The van der Waals surface area contributed by atoms with Crippen LogP contribution in [0.3, 0.4) is 0 Å². The van der Waals surface area contributed by atoms with Crippen LogP contribution in [-0.4, -0.2) is 12.2 Å². The second kappa shape index (κ2) is 7.15. The lowest BCUT2D eigenvalue weighted by molar-refractivity contribution is 0.0932. The van der Waals surface area contributed by atoms with Gasteiger partial charge in [0.1, 0.15) is 0 Å². The number of hydrogen-bond acceptors (Lipinski definition) is 2. The number of carbonyl (C=O) groups excluding carboxylic acids is 1. The molecule has 1 N–H and O–H groups in total. The van der Waals surface area contributed by atoms with Gasteiger partial charge in [0.25, 0.3) is 5.91 Å². The molecule has 2 aromatic carbocycles. The van der Waals surface area contributed by atoms with Crippen molar-refractivity contribution in [3.63, 3.8) is 0 Å². The highest BCUT2D eigenvalue weighted by molar-refractivity contribution is 7.98. The summed E-state index contributed by atoms with van der Waals surface area (Å²) < 4.78 is 0. The first-order chi connectivity index (χ1) is 9.76. The maximum Gasteiger partial charge on any atom is 0.252 e. The van der Waals surface area contributed by atoms with E-state index in [4.69, 9.17) is 0 Å². The molecule has 20 heavy (non-hydrogen) atoms. The Kier molecular flexibility index (Phi) is 5.24. The Hall–Kier alpha value is -1.74. The lowest BCUT2D eigenvalue weighted by Crippen LogP contribution is -2.28. The van der Waals surface area contributed by atoms with Gasteiger partial charge in [0.15, 0.2) is 0 Å². The van der Waals surface area contributed by atoms with E-state index in [9.17, 15) is 4.79 Å². The van der Waals surface area contributed by atoms with Gasteiger partial charge >= 0.3 is 0 Å². The molecule has 0 saturated heterocycles. The number of hydrogen-bond donors (Lipinski definition) is 1. The molecule has 0 fully saturated rings. The summed E-state index contributed by atoms with van der Waals surface area (Å²) >= 11 is 1.59. The lowest BCUT2D eigenvalue weighted by Gasteiger charge is -2.18. The van der Waals surface area contributed by atoms with E-state index in [2.05, 4.69) is 24.4 Å². The fraction of sp³-hybridized carbons (Fsp3) is 0.235. The predicted octanol–water partition coefficient (Wildman–Crippen LogP) is 4.29. The molecule has 0 saturated carbocycles. The molecule has 1 atom stereocenters. The quantitative estimate of drug-likeness (QED) is 0.830. The summed E-state index contributed by atoms with van der Waals surface area (Å²) in [5.74, 6) is -0.00865. The third-order valence-corrected chi connectivity index (χ3v) is 4.06. The molecule has 1 amide bonds. The summed E-state index contributed by atoms with van der Waals surface area (Å²) in [6.45, 7) is 2.08. The van der Waals surface area contributed by atoms with E-state index in [1.807, 2.05) is 48.7 Å². The third-order valence-electron chi connectivity index (χ3n) is 3.27. The summed E-state index contributed by atoms with van der Waals surface area (Å²) in [6, 6.07) is 17.8. The van der Waals surface area contributed by atoms with Crippen molar-refractivity contribution in [3.05, 3.63) is 65.7 Å². The first-order valence-corrected chi connectivity index (χ1v) is 7.97. The molecule has 0 bridgehead atoms. The van der Waals surface area contributed by atoms with Gasteiger partial charge in [-0.2, -0.15) is 0 Å². The van der Waals surface area contributed by atoms with E-state index in [1.165, 1.54) is 0 Å². The molecule has 0 heterocycles. The number of benzene rings is 2. The average Bonchev–Trinajstić information content (AvgIpc) is 2.53. The Bertz CT molecular complexity index is 568. The van der Waals surface area contributed by atoms with Gasteiger partial charge in [-0.1, -0.05) is 49.4 Å². The second-order valence-corrected chi connectivity index (χ2v) is 5.39. The SMILES string of the molecule is CCC(NC(=O)c1ccccc1SC)c1ccccc1. The number of thioether (sulfide) groups is 1. The lowest BCUT2D eigenvalue weighted by atomic mass is 10.0. The van der Waals surface area contributed by atoms with Gasteiger partial charge in [0.2, 0.25) is 0 Å². The molecule has 0 aliphatic rings. The van der Waals surface area contributed by atoms with Crippen LogP contribution in [0.4, 0.5) is 0 Å². The van der Waals surface area contributed by atoms with E-state index in [1.54, 1.807) is 11.8 Å². The van der Waals surface area contributed by atoms with Crippen LogP contribution in [0.15, 0.2) is 59.5 Å². The monoisotopic (exact) mass is 285 g/mol. The van der Waals surface area contributed by atoms with E-state index in [-0.39, 0.29) is 11.9 Å². The number of nitrogens with one attached hydrogen (secondary N) is 1. The maximum absolute atomic E-state index is 12.4. The van der Waals surface area contributed by atoms with Crippen molar-refractivity contribution in [1.29, 1.82) is 0 Å². The van der Waals surface area contributed by atoms with Gasteiger partial charge in [-0.3, -0.25) is 4.79 Å². The topological polar surface area (TPSA) is 29.1 Å². The molecule has 1 unspecified atom stereocenters. The minimum atomic E-state index is -0.00865. The molecule has 2 rings (SSSR count). The van der Waals surface area contributed by atoms with Crippen molar-refractivity contribution in [3.8, 4) is 0 Å². The van der Waals surface area contributed by atoms with Crippen molar-refractivity contribution in [2.24, 2.45) is 0 Å². The van der Waals surface area contributed by atoms with E-state index in [0.29, 0.717) is 0 Å². The smallest absolute Gasteiger partial charge is 0.252 e. The number of amides is 1. The van der Waals surface area contributed by atoms with E-state index >= 15 is 0 Å². The molecule has 0 radical (unpaired) electrons. The van der Waals surface area contributed by atoms with Gasteiger partial charge in [0.05, 0.1) is 11.6 Å². The molecule has 0 aromatic heterocycles. The third kappa shape index (κ3) is 3.42. The van der Waals surface area contributed by atoms with Crippen molar-refractivity contribution < 1.29 is 4.79 Å². The highest BCUT2D eigenvalue weighted by atomic mass is 32.2. The second-order valence-electron chi connectivity index (χ2n) is 4.55. The molecule has 0 aliphatic heterocycles. The van der Waals surface area contributed by atoms with Crippen LogP contribution in [-0.2, 0) is 0 Å². The molecule has 0 spiro atoms. The van der Waals surface area contributed by atoms with Crippen molar-refractivity contribution in [1.82, 2.24) is 5.32 Å². The van der Waals surface area contributed by atoms with Crippen LogP contribution in [0.25, 0.3) is 0 Å². The first-order valence-electron chi connectivity index (χ1n) is 6.75. The van der Waals surface area contributed by atoms with Crippen molar-refractivity contribution in [2.75, 3.05) is 6.26 Å². The minimum Gasteiger partial charge on any atom is -0.345 e. The largest absolute Gasteiger partial charge is 0.345 e. The zero-order valence-corrected chi connectivity index (χ0v) is 12.6. The summed E-state index contributed by atoms with van der Waals surface area (Å²) in [5.41, 5.74) is 1.89. The van der Waals surface area contributed by atoms with Gasteiger partial charge in [-0.25, -0.2) is 0 Å². The first kappa shape index (κ1) is 14.7. The minimum absolute atomic E-state index is 0.00865. The Morgan fingerprint density at radius 3 is 2.40 bits per heavy atom. The van der Waals surface area contributed by atoms with Crippen molar-refractivity contribution >= 4 is 17.7 Å². The molecule has 2 aromatic rings. The number of carbonyl (C=O) groups is 1. The Labute approximate surface area is 124 Å². The molecule has 104 valence electrons. The summed E-state index contributed by atoms with van der Waals surface area (Å²) in [4.78, 5) is 13.4. The van der Waals surface area contributed by atoms with E-state index in [0.717, 1.165) is 22.4 Å². The fourth-order valence-electron chi connectivity index (χ4n) is 2.17. The Morgan fingerprint density at radius 2 is 1.75 bits per heavy atom. The Balaban J connectivity index is 2.18. The fourth-order valence-corrected chi connectivity index (χ4v) is 2.77. The van der Waals surface area contributed by atoms with Crippen LogP contribution in [0.2, 0.25) is 0 Å². The van der Waals surface area contributed by atoms with Crippen LogP contribution in [0.1, 0.15) is 35.3 Å². The predicted molar refractivity (Wildman–Crippen MR) is 85.2 cm³/mol. The number of rotatable bonds is 5. The average molecular weight is 285 g/mol.